The van der Waals surface area contributed by atoms with Gasteiger partial charge in [-0.2, -0.15) is 0 Å². The fraction of sp³-hybridized carbons (Fsp3) is 0.133. The summed E-state index contributed by atoms with van der Waals surface area (Å²) in [5.74, 6) is -4.83. The number of benzene rings is 2. The van der Waals surface area contributed by atoms with Crippen LogP contribution in [-0.2, 0) is 16.4 Å². The van der Waals surface area contributed by atoms with Crippen LogP contribution in [0, 0.1) is 11.6 Å². The Balaban J connectivity index is 2.20. The fourth-order valence-electron chi connectivity index (χ4n) is 1.99. The molecule has 2 aromatic carbocycles. The average Bonchev–Trinajstić information content (AvgIpc) is 2.47. The summed E-state index contributed by atoms with van der Waals surface area (Å²) in [6, 6.07) is 10.3. The normalized spacial score (nSPS) is 11.4. The van der Waals surface area contributed by atoms with Gasteiger partial charge in [-0.1, -0.05) is 30.3 Å². The minimum absolute atomic E-state index is 0.00837. The van der Waals surface area contributed by atoms with Crippen molar-refractivity contribution in [2.24, 2.45) is 0 Å². The molecule has 0 aromatic heterocycles. The van der Waals surface area contributed by atoms with Crippen molar-refractivity contribution in [3.63, 3.8) is 0 Å². The lowest BCUT2D eigenvalue weighted by Gasteiger charge is -2.09. The summed E-state index contributed by atoms with van der Waals surface area (Å²) >= 11 is 0. The highest BCUT2D eigenvalue weighted by atomic mass is 32.2. The number of carbonyl (C=O) groups is 1. The maximum atomic E-state index is 14.0. The Morgan fingerprint density at radius 3 is 2.35 bits per heavy atom. The minimum Gasteiger partial charge on any atom is -0.477 e. The second-order valence-electron chi connectivity index (χ2n) is 4.67. The van der Waals surface area contributed by atoms with E-state index < -0.39 is 38.1 Å². The highest BCUT2D eigenvalue weighted by Crippen LogP contribution is 2.21. The summed E-state index contributed by atoms with van der Waals surface area (Å²) < 4.78 is 53.6. The third kappa shape index (κ3) is 3.91. The zero-order valence-corrected chi connectivity index (χ0v) is 12.6. The molecule has 2 rings (SSSR count). The third-order valence-corrected chi connectivity index (χ3v) is 4.59. The van der Waals surface area contributed by atoms with E-state index in [0.717, 1.165) is 5.56 Å². The number of carboxylic acid groups (broad SMARTS) is 1. The summed E-state index contributed by atoms with van der Waals surface area (Å²) in [4.78, 5) is 9.93. The van der Waals surface area contributed by atoms with Crippen molar-refractivity contribution in [3.05, 3.63) is 65.2 Å². The molecule has 0 atom stereocenters. The topological polar surface area (TPSA) is 83.5 Å². The first-order valence-electron chi connectivity index (χ1n) is 6.58. The van der Waals surface area contributed by atoms with Crippen molar-refractivity contribution in [1.82, 2.24) is 4.72 Å². The first kappa shape index (κ1) is 17.0. The molecule has 0 aliphatic carbocycles. The lowest BCUT2D eigenvalue weighted by Crippen LogP contribution is -2.27. The van der Waals surface area contributed by atoms with E-state index in [9.17, 15) is 22.0 Å². The fourth-order valence-corrected chi connectivity index (χ4v) is 3.10. The van der Waals surface area contributed by atoms with Crippen molar-refractivity contribution in [2.45, 2.75) is 11.3 Å². The molecular weight excluding hydrogens is 328 g/mol. The number of hydrogen-bond acceptors (Lipinski definition) is 3. The van der Waals surface area contributed by atoms with Crippen LogP contribution in [0.25, 0.3) is 0 Å². The molecule has 23 heavy (non-hydrogen) atoms. The Hall–Kier alpha value is -2.32. The van der Waals surface area contributed by atoms with Crippen molar-refractivity contribution >= 4 is 16.0 Å². The van der Waals surface area contributed by atoms with E-state index in [0.29, 0.717) is 18.6 Å². The minimum atomic E-state index is -4.29. The molecule has 0 bridgehead atoms. The number of halogens is 2. The van der Waals surface area contributed by atoms with Gasteiger partial charge < -0.3 is 5.11 Å². The van der Waals surface area contributed by atoms with Gasteiger partial charge in [-0.15, -0.1) is 0 Å². The number of sulfonamides is 1. The first-order chi connectivity index (χ1) is 10.8. The maximum absolute atomic E-state index is 14.0. The van der Waals surface area contributed by atoms with Crippen LogP contribution < -0.4 is 4.72 Å². The Bertz CT molecular complexity index is 823. The molecule has 0 fully saturated rings. The molecule has 0 aliphatic rings. The van der Waals surface area contributed by atoms with E-state index in [-0.39, 0.29) is 6.54 Å². The van der Waals surface area contributed by atoms with Gasteiger partial charge in [0.2, 0.25) is 10.0 Å². The Morgan fingerprint density at radius 1 is 1.09 bits per heavy atom. The SMILES string of the molecule is O=C(O)c1c(F)ccc(S(=O)(=O)NCCc2ccccc2)c1F. The summed E-state index contributed by atoms with van der Waals surface area (Å²) in [5.41, 5.74) is -0.420. The molecule has 0 saturated heterocycles. The molecule has 0 aliphatic heterocycles. The highest BCUT2D eigenvalue weighted by molar-refractivity contribution is 7.89. The van der Waals surface area contributed by atoms with E-state index in [4.69, 9.17) is 5.11 Å². The van der Waals surface area contributed by atoms with Crippen LogP contribution in [0.2, 0.25) is 0 Å². The first-order valence-corrected chi connectivity index (χ1v) is 8.06. The third-order valence-electron chi connectivity index (χ3n) is 3.11. The van der Waals surface area contributed by atoms with Crippen LogP contribution in [0.15, 0.2) is 47.4 Å². The van der Waals surface area contributed by atoms with Gasteiger partial charge in [-0.3, -0.25) is 0 Å². The highest BCUT2D eigenvalue weighted by Gasteiger charge is 2.26. The van der Waals surface area contributed by atoms with Crippen LogP contribution >= 0.6 is 0 Å². The quantitative estimate of drug-likeness (QED) is 0.844. The lowest BCUT2D eigenvalue weighted by atomic mass is 10.2. The molecule has 0 spiro atoms. The van der Waals surface area contributed by atoms with Gasteiger partial charge in [0.05, 0.1) is 0 Å². The number of aromatic carboxylic acids is 1. The summed E-state index contributed by atoms with van der Waals surface area (Å²) in [6.07, 6.45) is 0.370. The summed E-state index contributed by atoms with van der Waals surface area (Å²) in [5, 5.41) is 8.77. The number of rotatable bonds is 6. The van der Waals surface area contributed by atoms with Crippen molar-refractivity contribution in [2.75, 3.05) is 6.54 Å². The molecule has 0 amide bonds. The van der Waals surface area contributed by atoms with E-state index in [1.165, 1.54) is 0 Å². The standard InChI is InChI=1S/C15H13F2NO4S/c16-11-6-7-12(14(17)13(11)15(19)20)23(21,22)18-9-8-10-4-2-1-3-5-10/h1-7,18H,8-9H2,(H,19,20). The van der Waals surface area contributed by atoms with Crippen molar-refractivity contribution in [1.29, 1.82) is 0 Å². The Kier molecular flexibility index (Phi) is 5.07. The molecular formula is C15H13F2NO4S. The van der Waals surface area contributed by atoms with E-state index in [1.807, 2.05) is 6.07 Å². The van der Waals surface area contributed by atoms with Crippen molar-refractivity contribution in [3.8, 4) is 0 Å². The number of carboxylic acids is 1. The zero-order valence-electron chi connectivity index (χ0n) is 11.8. The predicted octanol–water partition coefficient (Wildman–Crippen LogP) is 2.18. The molecule has 8 heteroatoms. The Labute approximate surface area is 131 Å². The molecule has 5 nitrogen and oxygen atoms in total. The van der Waals surface area contributed by atoms with Gasteiger partial charge in [0.25, 0.3) is 0 Å². The van der Waals surface area contributed by atoms with E-state index in [2.05, 4.69) is 4.72 Å². The second kappa shape index (κ2) is 6.84. The summed E-state index contributed by atoms with van der Waals surface area (Å²) in [7, 11) is -4.29. The average molecular weight is 341 g/mol. The molecule has 0 radical (unpaired) electrons. The van der Waals surface area contributed by atoms with Gasteiger partial charge in [-0.25, -0.2) is 26.7 Å². The van der Waals surface area contributed by atoms with Crippen LogP contribution in [0.3, 0.4) is 0 Å². The van der Waals surface area contributed by atoms with Crippen LogP contribution in [0.1, 0.15) is 15.9 Å². The predicted molar refractivity (Wildman–Crippen MR) is 78.7 cm³/mol. The van der Waals surface area contributed by atoms with Gasteiger partial charge in [0.15, 0.2) is 5.82 Å². The van der Waals surface area contributed by atoms with Gasteiger partial charge in [0, 0.05) is 6.54 Å². The van der Waals surface area contributed by atoms with Crippen LogP contribution in [0.5, 0.6) is 0 Å². The molecule has 0 heterocycles. The van der Waals surface area contributed by atoms with E-state index in [1.54, 1.807) is 24.3 Å². The molecule has 2 aromatic rings. The van der Waals surface area contributed by atoms with E-state index >= 15 is 0 Å². The van der Waals surface area contributed by atoms with Gasteiger partial charge >= 0.3 is 5.97 Å². The van der Waals surface area contributed by atoms with Gasteiger partial charge in [-0.05, 0) is 24.1 Å². The van der Waals surface area contributed by atoms with Crippen LogP contribution in [0.4, 0.5) is 8.78 Å². The smallest absolute Gasteiger partial charge is 0.341 e. The largest absolute Gasteiger partial charge is 0.477 e. The molecule has 2 N–H and O–H groups in total. The monoisotopic (exact) mass is 341 g/mol. The zero-order chi connectivity index (χ0) is 17.0. The number of nitrogens with one attached hydrogen (secondary N) is 1. The summed E-state index contributed by atoms with van der Waals surface area (Å²) in [6.45, 7) is -0.00837. The van der Waals surface area contributed by atoms with Crippen molar-refractivity contribution < 1.29 is 27.1 Å². The number of hydrogen-bond donors (Lipinski definition) is 2. The lowest BCUT2D eigenvalue weighted by molar-refractivity contribution is 0.0685. The maximum Gasteiger partial charge on any atom is 0.341 e. The Morgan fingerprint density at radius 2 is 1.74 bits per heavy atom. The van der Waals surface area contributed by atoms with Crippen LogP contribution in [-0.4, -0.2) is 26.0 Å². The molecule has 0 unspecified atom stereocenters. The second-order valence-corrected chi connectivity index (χ2v) is 6.41. The van der Waals surface area contributed by atoms with Gasteiger partial charge in [0.1, 0.15) is 16.3 Å². The molecule has 122 valence electrons. The molecule has 0 saturated carbocycles.